The quantitative estimate of drug-likeness (QED) is 0.735. The first-order chi connectivity index (χ1) is 7.06. The van der Waals surface area contributed by atoms with Gasteiger partial charge in [-0.1, -0.05) is 32.9 Å². The number of hydrogen-bond donors (Lipinski definition) is 1. The fourth-order valence-corrected chi connectivity index (χ4v) is 2.85. The van der Waals surface area contributed by atoms with Crippen LogP contribution >= 0.6 is 0 Å². The molecule has 0 spiro atoms. The van der Waals surface area contributed by atoms with Gasteiger partial charge in [0.1, 0.15) is 0 Å². The van der Waals surface area contributed by atoms with E-state index in [1.165, 1.54) is 11.1 Å². The van der Waals surface area contributed by atoms with Gasteiger partial charge in [0.05, 0.1) is 0 Å². The van der Waals surface area contributed by atoms with Gasteiger partial charge in [0, 0.05) is 5.69 Å². The number of rotatable bonds is 2. The van der Waals surface area contributed by atoms with E-state index in [1.807, 2.05) is 12.1 Å². The lowest BCUT2D eigenvalue weighted by molar-refractivity contribution is -0.105. The van der Waals surface area contributed by atoms with Crippen molar-refractivity contribution in [1.82, 2.24) is 0 Å². The molecule has 0 fully saturated rings. The first-order valence-electron chi connectivity index (χ1n) is 5.40. The van der Waals surface area contributed by atoms with E-state index in [4.69, 9.17) is 0 Å². The molecule has 0 bridgehead atoms. The van der Waals surface area contributed by atoms with Crippen LogP contribution in [0.5, 0.6) is 0 Å². The van der Waals surface area contributed by atoms with Crippen LogP contribution in [0, 0.1) is 0 Å². The lowest BCUT2D eigenvalue weighted by atomic mass is 9.86. The van der Waals surface area contributed by atoms with Crippen LogP contribution in [0.4, 0.5) is 5.69 Å². The Balaban J connectivity index is 2.56. The molecule has 2 heteroatoms. The molecular weight excluding hydrogens is 186 g/mol. The van der Waals surface area contributed by atoms with Crippen molar-refractivity contribution in [3.05, 3.63) is 29.3 Å². The van der Waals surface area contributed by atoms with Crippen LogP contribution in [0.15, 0.2) is 18.2 Å². The molecule has 2 rings (SSSR count). The largest absolute Gasteiger partial charge is 0.328 e. The van der Waals surface area contributed by atoms with E-state index in [1.54, 1.807) is 0 Å². The summed E-state index contributed by atoms with van der Waals surface area (Å²) in [5, 5.41) is 2.80. The van der Waals surface area contributed by atoms with Crippen LogP contribution in [-0.4, -0.2) is 6.41 Å². The van der Waals surface area contributed by atoms with Gasteiger partial charge in [-0.25, -0.2) is 0 Å². The maximum atomic E-state index is 10.5. The zero-order chi connectivity index (χ0) is 11.1. The molecule has 1 amide bonds. The maximum absolute atomic E-state index is 10.5. The minimum Gasteiger partial charge on any atom is -0.328 e. The Bertz CT molecular complexity index is 396. The summed E-state index contributed by atoms with van der Waals surface area (Å²) in [6.45, 7) is 6.75. The van der Waals surface area contributed by atoms with Crippen LogP contribution in [0.3, 0.4) is 0 Å². The minimum absolute atomic E-state index is 0.231. The molecule has 1 aliphatic carbocycles. The molecule has 0 aromatic heterocycles. The zero-order valence-electron chi connectivity index (χ0n) is 9.50. The van der Waals surface area contributed by atoms with E-state index in [2.05, 4.69) is 32.2 Å². The predicted molar refractivity (Wildman–Crippen MR) is 62.2 cm³/mol. The molecule has 0 saturated carbocycles. The monoisotopic (exact) mass is 203 g/mol. The smallest absolute Gasteiger partial charge is 0.211 e. The normalized spacial score (nSPS) is 22.2. The number of carbonyl (C=O) groups is 1. The third kappa shape index (κ3) is 1.54. The van der Waals surface area contributed by atoms with Gasteiger partial charge in [0.25, 0.3) is 0 Å². The highest BCUT2D eigenvalue weighted by molar-refractivity contribution is 5.75. The number of amides is 1. The Morgan fingerprint density at radius 3 is 2.87 bits per heavy atom. The van der Waals surface area contributed by atoms with Crippen LogP contribution < -0.4 is 5.32 Å². The zero-order valence-corrected chi connectivity index (χ0v) is 9.50. The lowest BCUT2D eigenvalue weighted by Crippen LogP contribution is -2.12. The standard InChI is InChI=1S/C13H17NO/c1-9-7-13(2,3)10-5-4-6-11(12(9)10)14-8-15/h4-6,8-9H,7H2,1-3H3,(H,14,15)/t9-/m0/s1. The van der Waals surface area contributed by atoms with Crippen LogP contribution in [-0.2, 0) is 10.2 Å². The maximum Gasteiger partial charge on any atom is 0.211 e. The molecule has 1 aromatic carbocycles. The molecule has 0 radical (unpaired) electrons. The fraction of sp³-hybridized carbons (Fsp3) is 0.462. The number of hydrogen-bond acceptors (Lipinski definition) is 1. The molecule has 0 saturated heterocycles. The molecule has 0 unspecified atom stereocenters. The lowest BCUT2D eigenvalue weighted by Gasteiger charge is -2.19. The van der Waals surface area contributed by atoms with E-state index in [0.717, 1.165) is 18.5 Å². The van der Waals surface area contributed by atoms with Gasteiger partial charge in [-0.3, -0.25) is 4.79 Å². The van der Waals surface area contributed by atoms with Crippen LogP contribution in [0.2, 0.25) is 0 Å². The summed E-state index contributed by atoms with van der Waals surface area (Å²) in [6.07, 6.45) is 1.91. The second-order valence-electron chi connectivity index (χ2n) is 5.02. The van der Waals surface area contributed by atoms with Gasteiger partial charge in [0.2, 0.25) is 6.41 Å². The van der Waals surface area contributed by atoms with Crippen LogP contribution in [0.25, 0.3) is 0 Å². The van der Waals surface area contributed by atoms with Crippen molar-refractivity contribution in [1.29, 1.82) is 0 Å². The minimum atomic E-state index is 0.231. The third-order valence-corrected chi connectivity index (χ3v) is 3.36. The summed E-state index contributed by atoms with van der Waals surface area (Å²) >= 11 is 0. The van der Waals surface area contributed by atoms with Crippen molar-refractivity contribution >= 4 is 12.1 Å². The highest BCUT2D eigenvalue weighted by Crippen LogP contribution is 2.48. The second kappa shape index (κ2) is 3.37. The van der Waals surface area contributed by atoms with Gasteiger partial charge < -0.3 is 5.32 Å². The van der Waals surface area contributed by atoms with Gasteiger partial charge in [-0.05, 0) is 34.9 Å². The fourth-order valence-electron chi connectivity index (χ4n) is 2.85. The van der Waals surface area contributed by atoms with Crippen molar-refractivity contribution in [2.24, 2.45) is 0 Å². The molecule has 1 N–H and O–H groups in total. The van der Waals surface area contributed by atoms with Gasteiger partial charge in [-0.2, -0.15) is 0 Å². The molecule has 1 aromatic rings. The number of fused-ring (bicyclic) bond motifs is 1. The van der Waals surface area contributed by atoms with Crippen LogP contribution in [0.1, 0.15) is 44.2 Å². The summed E-state index contributed by atoms with van der Waals surface area (Å²) in [5.74, 6) is 0.527. The predicted octanol–water partition coefficient (Wildman–Crippen LogP) is 3.04. The van der Waals surface area contributed by atoms with Crippen molar-refractivity contribution < 1.29 is 4.79 Å². The number of benzene rings is 1. The Morgan fingerprint density at radius 1 is 1.47 bits per heavy atom. The second-order valence-corrected chi connectivity index (χ2v) is 5.02. The molecule has 1 atom stereocenters. The highest BCUT2D eigenvalue weighted by Gasteiger charge is 2.35. The van der Waals surface area contributed by atoms with E-state index in [0.29, 0.717) is 5.92 Å². The Labute approximate surface area is 90.7 Å². The SMILES string of the molecule is C[C@H]1CC(C)(C)c2cccc(NC=O)c21. The molecule has 1 aliphatic rings. The number of carbonyl (C=O) groups excluding carboxylic acids is 1. The summed E-state index contributed by atoms with van der Waals surface area (Å²) in [4.78, 5) is 10.5. The van der Waals surface area contributed by atoms with Crippen molar-refractivity contribution in [3.8, 4) is 0 Å². The third-order valence-electron chi connectivity index (χ3n) is 3.36. The molecule has 15 heavy (non-hydrogen) atoms. The number of nitrogens with one attached hydrogen (secondary N) is 1. The Morgan fingerprint density at radius 2 is 2.20 bits per heavy atom. The molecule has 0 aliphatic heterocycles. The van der Waals surface area contributed by atoms with E-state index in [9.17, 15) is 4.79 Å². The Kier molecular flexibility index (Phi) is 2.29. The molecular formula is C13H17NO. The van der Waals surface area contributed by atoms with E-state index < -0.39 is 0 Å². The van der Waals surface area contributed by atoms with Crippen molar-refractivity contribution in [2.75, 3.05) is 5.32 Å². The average Bonchev–Trinajstić information content (AvgIpc) is 2.39. The molecule has 0 heterocycles. The molecule has 80 valence electrons. The number of anilines is 1. The summed E-state index contributed by atoms with van der Waals surface area (Å²) in [7, 11) is 0. The summed E-state index contributed by atoms with van der Waals surface area (Å²) in [5.41, 5.74) is 3.90. The van der Waals surface area contributed by atoms with Crippen molar-refractivity contribution in [3.63, 3.8) is 0 Å². The first kappa shape index (κ1) is 10.2. The molecule has 2 nitrogen and oxygen atoms in total. The topological polar surface area (TPSA) is 29.1 Å². The van der Waals surface area contributed by atoms with Crippen molar-refractivity contribution in [2.45, 2.75) is 38.5 Å². The summed E-state index contributed by atoms with van der Waals surface area (Å²) in [6, 6.07) is 6.17. The summed E-state index contributed by atoms with van der Waals surface area (Å²) < 4.78 is 0. The van der Waals surface area contributed by atoms with Gasteiger partial charge in [0.15, 0.2) is 0 Å². The average molecular weight is 203 g/mol. The highest BCUT2D eigenvalue weighted by atomic mass is 16.1. The van der Waals surface area contributed by atoms with E-state index in [-0.39, 0.29) is 5.41 Å². The first-order valence-corrected chi connectivity index (χ1v) is 5.40. The van der Waals surface area contributed by atoms with Gasteiger partial charge >= 0.3 is 0 Å². The van der Waals surface area contributed by atoms with Gasteiger partial charge in [-0.15, -0.1) is 0 Å². The Hall–Kier alpha value is -1.31. The van der Waals surface area contributed by atoms with E-state index >= 15 is 0 Å².